The van der Waals surface area contributed by atoms with Crippen molar-refractivity contribution in [3.63, 3.8) is 0 Å². The number of benzene rings is 2. The molecule has 2 aliphatic heterocycles. The lowest BCUT2D eigenvalue weighted by Gasteiger charge is -2.29. The van der Waals surface area contributed by atoms with Crippen LogP contribution in [0.15, 0.2) is 48.5 Å². The van der Waals surface area contributed by atoms with Crippen LogP contribution in [0.5, 0.6) is 0 Å². The summed E-state index contributed by atoms with van der Waals surface area (Å²) in [5, 5.41) is 0.720. The lowest BCUT2D eigenvalue weighted by Crippen LogP contribution is -2.41. The van der Waals surface area contributed by atoms with E-state index in [2.05, 4.69) is 24.0 Å². The van der Waals surface area contributed by atoms with Gasteiger partial charge in [0.05, 0.1) is 18.8 Å². The van der Waals surface area contributed by atoms with Crippen molar-refractivity contribution in [3.05, 3.63) is 59.1 Å². The van der Waals surface area contributed by atoms with Crippen LogP contribution >= 0.6 is 11.6 Å². The van der Waals surface area contributed by atoms with Crippen molar-refractivity contribution in [2.75, 3.05) is 36.3 Å². The van der Waals surface area contributed by atoms with Crippen LogP contribution in [0.4, 0.5) is 11.4 Å². The molecule has 0 N–H and O–H groups in total. The van der Waals surface area contributed by atoms with Gasteiger partial charge >= 0.3 is 0 Å². The van der Waals surface area contributed by atoms with Crippen molar-refractivity contribution in [3.8, 4) is 0 Å². The van der Waals surface area contributed by atoms with Crippen LogP contribution in [0.3, 0.4) is 0 Å². The van der Waals surface area contributed by atoms with Crippen LogP contribution in [0, 0.1) is 0 Å². The van der Waals surface area contributed by atoms with Gasteiger partial charge in [0.25, 0.3) is 5.91 Å². The van der Waals surface area contributed by atoms with Crippen LogP contribution in [0.2, 0.25) is 5.02 Å². The first kappa shape index (κ1) is 17.3. The molecule has 6 heteroatoms. The Balaban J connectivity index is 1.58. The van der Waals surface area contributed by atoms with Crippen LogP contribution in [0.1, 0.15) is 18.5 Å². The molecule has 0 spiro atoms. The van der Waals surface area contributed by atoms with Gasteiger partial charge in [-0.15, -0.1) is 0 Å². The van der Waals surface area contributed by atoms with Gasteiger partial charge in [-0.3, -0.25) is 4.79 Å². The van der Waals surface area contributed by atoms with Gasteiger partial charge in [0.2, 0.25) is 0 Å². The third-order valence-corrected chi connectivity index (χ3v) is 5.20. The summed E-state index contributed by atoms with van der Waals surface area (Å²) in [6.07, 6.45) is 0.0709. The molecule has 136 valence electrons. The first-order valence-corrected chi connectivity index (χ1v) is 9.13. The van der Waals surface area contributed by atoms with Crippen molar-refractivity contribution >= 4 is 28.9 Å². The summed E-state index contributed by atoms with van der Waals surface area (Å²) in [5.74, 6) is 0.00404. The fraction of sp³-hybridized carbons (Fsp3) is 0.350. The second kappa shape index (κ2) is 7.27. The summed E-state index contributed by atoms with van der Waals surface area (Å²) in [6, 6.07) is 16.1. The molecule has 0 unspecified atom stereocenters. The van der Waals surface area contributed by atoms with Gasteiger partial charge in [0.1, 0.15) is 13.3 Å². The van der Waals surface area contributed by atoms with E-state index in [9.17, 15) is 4.79 Å². The van der Waals surface area contributed by atoms with Crippen LogP contribution in [-0.4, -0.2) is 38.5 Å². The molecule has 2 aliphatic rings. The fourth-order valence-corrected chi connectivity index (χ4v) is 3.71. The highest BCUT2D eigenvalue weighted by molar-refractivity contribution is 6.30. The highest BCUT2D eigenvalue weighted by atomic mass is 35.5. The number of hydrogen-bond acceptors (Lipinski definition) is 4. The maximum absolute atomic E-state index is 12.0. The molecule has 0 aliphatic carbocycles. The normalized spacial score (nSPS) is 23.5. The number of hydrogen-bond donors (Lipinski definition) is 0. The second-order valence-corrected chi connectivity index (χ2v) is 7.02. The van der Waals surface area contributed by atoms with E-state index in [1.807, 2.05) is 36.4 Å². The molecule has 2 aromatic rings. The Kier molecular flexibility index (Phi) is 4.85. The fourth-order valence-electron chi connectivity index (χ4n) is 3.58. The summed E-state index contributed by atoms with van der Waals surface area (Å²) in [7, 11) is 0. The molecule has 0 saturated carbocycles. The lowest BCUT2D eigenvalue weighted by molar-refractivity contribution is -0.125. The third kappa shape index (κ3) is 3.30. The Morgan fingerprint density at radius 3 is 2.42 bits per heavy atom. The largest absolute Gasteiger partial charge is 0.370 e. The number of carbonyl (C=O) groups excluding carboxylic acids is 1. The topological polar surface area (TPSA) is 42.0 Å². The first-order valence-electron chi connectivity index (χ1n) is 8.75. The quantitative estimate of drug-likeness (QED) is 0.825. The molecule has 0 aromatic heterocycles. The molecule has 2 atom stereocenters. The highest BCUT2D eigenvalue weighted by Gasteiger charge is 2.33. The Hall–Kier alpha value is -2.08. The number of nitrogens with zero attached hydrogens (tertiary/aromatic N) is 2. The SMILES string of the molecule is C[C@@H]1OCN(c2ccc(Cl)cc2)[C@@H]1c1ccc(N2CCOCC2=O)cc1. The molecule has 2 heterocycles. The summed E-state index contributed by atoms with van der Waals surface area (Å²) in [4.78, 5) is 16.0. The molecular weight excluding hydrogens is 352 g/mol. The van der Waals surface area contributed by atoms with Crippen molar-refractivity contribution < 1.29 is 14.3 Å². The number of ether oxygens (including phenoxy) is 2. The van der Waals surface area contributed by atoms with E-state index in [4.69, 9.17) is 21.1 Å². The number of rotatable bonds is 3. The Morgan fingerprint density at radius 1 is 1.04 bits per heavy atom. The molecule has 0 radical (unpaired) electrons. The standard InChI is InChI=1S/C20H21ClN2O3/c1-14-20(23(13-26-14)18-8-4-16(21)5-9-18)15-2-6-17(7-3-15)22-10-11-25-12-19(22)24/h2-9,14,20H,10-13H2,1H3/t14-,20-/m0/s1. The molecule has 2 saturated heterocycles. The molecule has 2 fully saturated rings. The van der Waals surface area contributed by atoms with E-state index >= 15 is 0 Å². The molecule has 4 rings (SSSR count). The summed E-state index contributed by atoms with van der Waals surface area (Å²) in [5.41, 5.74) is 3.15. The number of amides is 1. The second-order valence-electron chi connectivity index (χ2n) is 6.58. The zero-order valence-corrected chi connectivity index (χ0v) is 15.4. The summed E-state index contributed by atoms with van der Waals surface area (Å²) in [6.45, 7) is 3.94. The van der Waals surface area contributed by atoms with Crippen molar-refractivity contribution in [2.24, 2.45) is 0 Å². The van der Waals surface area contributed by atoms with E-state index in [0.717, 1.165) is 22.0 Å². The van der Waals surface area contributed by atoms with Gasteiger partial charge in [-0.05, 0) is 48.9 Å². The minimum absolute atomic E-state index is 0.00404. The molecular formula is C20H21ClN2O3. The molecule has 1 amide bonds. The van der Waals surface area contributed by atoms with Gasteiger partial charge in [-0.1, -0.05) is 23.7 Å². The Morgan fingerprint density at radius 2 is 1.73 bits per heavy atom. The maximum Gasteiger partial charge on any atom is 0.253 e. The Labute approximate surface area is 158 Å². The average molecular weight is 373 g/mol. The average Bonchev–Trinajstić information content (AvgIpc) is 3.04. The number of morpholine rings is 1. The van der Waals surface area contributed by atoms with E-state index in [0.29, 0.717) is 19.9 Å². The van der Waals surface area contributed by atoms with Crippen molar-refractivity contribution in [1.82, 2.24) is 0 Å². The summed E-state index contributed by atoms with van der Waals surface area (Å²) >= 11 is 6.01. The van der Waals surface area contributed by atoms with Gasteiger partial charge < -0.3 is 19.3 Å². The van der Waals surface area contributed by atoms with E-state index in [-0.39, 0.29) is 24.7 Å². The molecule has 0 bridgehead atoms. The van der Waals surface area contributed by atoms with Crippen molar-refractivity contribution in [2.45, 2.75) is 19.1 Å². The minimum atomic E-state index is 0.00404. The minimum Gasteiger partial charge on any atom is -0.370 e. The van der Waals surface area contributed by atoms with E-state index in [1.54, 1.807) is 4.90 Å². The zero-order valence-electron chi connectivity index (χ0n) is 14.6. The maximum atomic E-state index is 12.0. The first-order chi connectivity index (χ1) is 12.6. The molecule has 2 aromatic carbocycles. The van der Waals surface area contributed by atoms with Gasteiger partial charge in [-0.25, -0.2) is 0 Å². The van der Waals surface area contributed by atoms with E-state index in [1.165, 1.54) is 0 Å². The predicted octanol–water partition coefficient (Wildman–Crippen LogP) is 3.63. The number of carbonyl (C=O) groups is 1. The van der Waals surface area contributed by atoms with Crippen LogP contribution in [0.25, 0.3) is 0 Å². The zero-order chi connectivity index (χ0) is 18.1. The highest BCUT2D eigenvalue weighted by Crippen LogP contribution is 2.37. The monoisotopic (exact) mass is 372 g/mol. The molecule has 5 nitrogen and oxygen atoms in total. The Bertz CT molecular complexity index is 779. The predicted molar refractivity (Wildman–Crippen MR) is 102 cm³/mol. The molecule has 26 heavy (non-hydrogen) atoms. The number of halogens is 1. The smallest absolute Gasteiger partial charge is 0.253 e. The third-order valence-electron chi connectivity index (χ3n) is 4.95. The van der Waals surface area contributed by atoms with Gasteiger partial charge in [-0.2, -0.15) is 0 Å². The van der Waals surface area contributed by atoms with Crippen molar-refractivity contribution in [1.29, 1.82) is 0 Å². The van der Waals surface area contributed by atoms with Crippen LogP contribution < -0.4 is 9.80 Å². The van der Waals surface area contributed by atoms with E-state index < -0.39 is 0 Å². The van der Waals surface area contributed by atoms with Crippen LogP contribution in [-0.2, 0) is 14.3 Å². The number of anilines is 2. The lowest BCUT2D eigenvalue weighted by atomic mass is 10.0. The summed E-state index contributed by atoms with van der Waals surface area (Å²) < 4.78 is 11.1. The van der Waals surface area contributed by atoms with Gasteiger partial charge in [0.15, 0.2) is 0 Å². The van der Waals surface area contributed by atoms with Gasteiger partial charge in [0, 0.05) is 22.9 Å².